The van der Waals surface area contributed by atoms with Crippen molar-refractivity contribution in [3.8, 4) is 0 Å². The van der Waals surface area contributed by atoms with Crippen LogP contribution in [0.3, 0.4) is 0 Å². The van der Waals surface area contributed by atoms with E-state index >= 15 is 0 Å². The molecule has 0 spiro atoms. The Labute approximate surface area is 146 Å². The van der Waals surface area contributed by atoms with E-state index in [1.807, 2.05) is 6.20 Å². The van der Waals surface area contributed by atoms with Crippen LogP contribution in [0.25, 0.3) is 0 Å². The number of ether oxygens (including phenoxy) is 1. The van der Waals surface area contributed by atoms with E-state index in [-0.39, 0.29) is 18.6 Å². The molecule has 0 N–H and O–H groups in total. The van der Waals surface area contributed by atoms with Crippen LogP contribution in [0.2, 0.25) is 0 Å². The second-order valence-electron chi connectivity index (χ2n) is 6.35. The number of rotatable bonds is 7. The van der Waals surface area contributed by atoms with E-state index in [0.717, 1.165) is 26.1 Å². The van der Waals surface area contributed by atoms with Gasteiger partial charge < -0.3 is 9.64 Å². The predicted molar refractivity (Wildman–Crippen MR) is 93.8 cm³/mol. The third kappa shape index (κ3) is 4.23. The molecule has 6 nitrogen and oxygen atoms in total. The highest BCUT2D eigenvalue weighted by Gasteiger charge is 2.25. The second kappa shape index (κ2) is 7.92. The maximum Gasteiger partial charge on any atom is 0.248 e. The molecular weight excluding hydrogens is 324 g/mol. The molecule has 0 bridgehead atoms. The number of hydrogen-bond acceptors (Lipinski definition) is 5. The normalized spacial score (nSPS) is 17.7. The van der Waals surface area contributed by atoms with Crippen LogP contribution in [0.15, 0.2) is 29.1 Å². The summed E-state index contributed by atoms with van der Waals surface area (Å²) in [6, 6.07) is 4.56. The Hall–Kier alpha value is -1.70. The van der Waals surface area contributed by atoms with E-state index < -0.39 is 0 Å². The lowest BCUT2D eigenvalue weighted by Crippen LogP contribution is -2.37. The topological polar surface area (TPSA) is 50.6 Å². The van der Waals surface area contributed by atoms with Gasteiger partial charge in [0, 0.05) is 46.5 Å². The SMILES string of the molecule is CN(C)C(=O)COCCC1CN(Cc2ccsc2)Cc2ccnn21. The van der Waals surface area contributed by atoms with Gasteiger partial charge in [0.25, 0.3) is 0 Å². The van der Waals surface area contributed by atoms with Crippen molar-refractivity contribution < 1.29 is 9.53 Å². The number of carbonyl (C=O) groups is 1. The van der Waals surface area contributed by atoms with Crippen LogP contribution in [0, 0.1) is 0 Å². The van der Waals surface area contributed by atoms with Gasteiger partial charge in [-0.1, -0.05) is 0 Å². The molecule has 1 aliphatic heterocycles. The molecule has 0 aliphatic carbocycles. The number of aromatic nitrogens is 2. The van der Waals surface area contributed by atoms with Crippen LogP contribution in [-0.4, -0.2) is 59.3 Å². The first kappa shape index (κ1) is 17.1. The Morgan fingerprint density at radius 2 is 2.33 bits per heavy atom. The molecule has 1 aliphatic rings. The Morgan fingerprint density at radius 3 is 3.08 bits per heavy atom. The molecule has 0 radical (unpaired) electrons. The molecule has 24 heavy (non-hydrogen) atoms. The number of likely N-dealkylation sites (N-methyl/N-ethyl adjacent to an activating group) is 1. The van der Waals surface area contributed by atoms with Gasteiger partial charge in [0.2, 0.25) is 5.91 Å². The standard InChI is InChI=1S/C17H24N4O2S/c1-19(2)17(22)12-23-7-4-16-11-20(9-14-5-8-24-13-14)10-15-3-6-18-21(15)16/h3,5-6,8,13,16H,4,7,9-12H2,1-2H3. The average Bonchev–Trinajstić information content (AvgIpc) is 3.22. The Kier molecular flexibility index (Phi) is 5.65. The molecule has 7 heteroatoms. The predicted octanol–water partition coefficient (Wildman–Crippen LogP) is 2.00. The van der Waals surface area contributed by atoms with Gasteiger partial charge in [0.15, 0.2) is 0 Å². The number of amides is 1. The Balaban J connectivity index is 1.55. The van der Waals surface area contributed by atoms with Crippen LogP contribution in [0.4, 0.5) is 0 Å². The highest BCUT2D eigenvalue weighted by molar-refractivity contribution is 7.07. The lowest BCUT2D eigenvalue weighted by atomic mass is 10.1. The fourth-order valence-electron chi connectivity index (χ4n) is 2.95. The van der Waals surface area contributed by atoms with E-state index in [9.17, 15) is 4.79 Å². The molecule has 2 aromatic rings. The maximum absolute atomic E-state index is 11.6. The number of nitrogens with zero attached hydrogens (tertiary/aromatic N) is 4. The van der Waals surface area contributed by atoms with Crippen LogP contribution in [-0.2, 0) is 22.6 Å². The van der Waals surface area contributed by atoms with E-state index in [4.69, 9.17) is 4.74 Å². The van der Waals surface area contributed by atoms with Crippen molar-refractivity contribution in [2.24, 2.45) is 0 Å². The largest absolute Gasteiger partial charge is 0.372 e. The van der Waals surface area contributed by atoms with Gasteiger partial charge in [-0.05, 0) is 34.9 Å². The third-order valence-electron chi connectivity index (χ3n) is 4.26. The van der Waals surface area contributed by atoms with Crippen molar-refractivity contribution in [2.45, 2.75) is 25.6 Å². The Morgan fingerprint density at radius 1 is 1.46 bits per heavy atom. The molecule has 0 aromatic carbocycles. The van der Waals surface area contributed by atoms with E-state index in [1.54, 1.807) is 30.3 Å². The van der Waals surface area contributed by atoms with E-state index in [1.165, 1.54) is 11.3 Å². The van der Waals surface area contributed by atoms with Gasteiger partial charge >= 0.3 is 0 Å². The molecule has 1 amide bonds. The van der Waals surface area contributed by atoms with E-state index in [0.29, 0.717) is 6.61 Å². The summed E-state index contributed by atoms with van der Waals surface area (Å²) in [6.45, 7) is 3.55. The van der Waals surface area contributed by atoms with Crippen LogP contribution in [0.1, 0.15) is 23.7 Å². The summed E-state index contributed by atoms with van der Waals surface area (Å²) in [5.74, 6) is -0.00231. The summed E-state index contributed by atoms with van der Waals surface area (Å²) in [5.41, 5.74) is 2.60. The fourth-order valence-corrected chi connectivity index (χ4v) is 3.61. The highest BCUT2D eigenvalue weighted by Crippen LogP contribution is 2.24. The minimum atomic E-state index is -0.00231. The minimum absolute atomic E-state index is 0.00231. The van der Waals surface area contributed by atoms with Gasteiger partial charge in [-0.2, -0.15) is 16.4 Å². The maximum atomic E-state index is 11.6. The quantitative estimate of drug-likeness (QED) is 0.718. The van der Waals surface area contributed by atoms with Gasteiger partial charge in [-0.25, -0.2) is 0 Å². The lowest BCUT2D eigenvalue weighted by molar-refractivity contribution is -0.133. The molecule has 3 rings (SSSR count). The first-order valence-electron chi connectivity index (χ1n) is 8.17. The second-order valence-corrected chi connectivity index (χ2v) is 7.13. The van der Waals surface area contributed by atoms with Crippen molar-refractivity contribution >= 4 is 17.2 Å². The third-order valence-corrected chi connectivity index (χ3v) is 4.99. The first-order chi connectivity index (χ1) is 11.6. The van der Waals surface area contributed by atoms with Crippen molar-refractivity contribution in [3.05, 3.63) is 40.3 Å². The van der Waals surface area contributed by atoms with Gasteiger partial charge in [0.1, 0.15) is 6.61 Å². The summed E-state index contributed by atoms with van der Waals surface area (Å²) in [7, 11) is 3.48. The molecule has 2 aromatic heterocycles. The van der Waals surface area contributed by atoms with Crippen molar-refractivity contribution in [3.63, 3.8) is 0 Å². The summed E-state index contributed by atoms with van der Waals surface area (Å²) >= 11 is 1.74. The lowest BCUT2D eigenvalue weighted by Gasteiger charge is -2.33. The zero-order valence-electron chi connectivity index (χ0n) is 14.2. The number of thiophene rings is 1. The molecule has 0 saturated carbocycles. The fraction of sp³-hybridized carbons (Fsp3) is 0.529. The molecule has 1 unspecified atom stereocenters. The number of hydrogen-bond donors (Lipinski definition) is 0. The molecule has 1 atom stereocenters. The zero-order chi connectivity index (χ0) is 16.9. The Bertz CT molecular complexity index is 653. The molecule has 130 valence electrons. The molecular formula is C17H24N4O2S. The van der Waals surface area contributed by atoms with E-state index in [2.05, 4.69) is 37.6 Å². The van der Waals surface area contributed by atoms with Crippen molar-refractivity contribution in [2.75, 3.05) is 33.9 Å². The van der Waals surface area contributed by atoms with Crippen molar-refractivity contribution in [1.29, 1.82) is 0 Å². The first-order valence-corrected chi connectivity index (χ1v) is 9.11. The average molecular weight is 348 g/mol. The zero-order valence-corrected chi connectivity index (χ0v) is 15.0. The number of carbonyl (C=O) groups excluding carboxylic acids is 1. The summed E-state index contributed by atoms with van der Waals surface area (Å²) in [5, 5.41) is 8.80. The molecule has 3 heterocycles. The van der Waals surface area contributed by atoms with Gasteiger partial charge in [-0.3, -0.25) is 14.4 Å². The van der Waals surface area contributed by atoms with Crippen LogP contribution in [0.5, 0.6) is 0 Å². The number of fused-ring (bicyclic) bond motifs is 1. The van der Waals surface area contributed by atoms with Crippen LogP contribution < -0.4 is 0 Å². The summed E-state index contributed by atoms with van der Waals surface area (Å²) in [6.07, 6.45) is 2.72. The summed E-state index contributed by atoms with van der Waals surface area (Å²) < 4.78 is 7.66. The van der Waals surface area contributed by atoms with Gasteiger partial charge in [-0.15, -0.1) is 0 Å². The molecule has 0 saturated heterocycles. The smallest absolute Gasteiger partial charge is 0.248 e. The van der Waals surface area contributed by atoms with Crippen molar-refractivity contribution in [1.82, 2.24) is 19.6 Å². The van der Waals surface area contributed by atoms with Crippen LogP contribution >= 0.6 is 11.3 Å². The molecule has 0 fully saturated rings. The minimum Gasteiger partial charge on any atom is -0.372 e. The monoisotopic (exact) mass is 348 g/mol. The summed E-state index contributed by atoms with van der Waals surface area (Å²) in [4.78, 5) is 15.6. The highest BCUT2D eigenvalue weighted by atomic mass is 32.1. The van der Waals surface area contributed by atoms with Gasteiger partial charge in [0.05, 0.1) is 11.7 Å².